The lowest BCUT2D eigenvalue weighted by Crippen LogP contribution is -2.54. The molecule has 224 valence electrons. The number of alkyl carbamates (subject to hydrolysis) is 1. The van der Waals surface area contributed by atoms with Crippen molar-refractivity contribution in [2.45, 2.75) is 73.1 Å². The lowest BCUT2D eigenvalue weighted by Gasteiger charge is -2.27. The lowest BCUT2D eigenvalue weighted by atomic mass is 9.98. The molecule has 0 aromatic heterocycles. The Morgan fingerprint density at radius 3 is 2.33 bits per heavy atom. The van der Waals surface area contributed by atoms with Gasteiger partial charge in [-0.3, -0.25) is 19.2 Å². The standard InChI is InChI=1S/C27H43N5O7S/c1-8-17(2)24(31-22(34)15-28-19(4)33)25(36)29-16-23(35)32(11-12-40-38)21-13-20(10-9-18(21)3)14-30-26(37)39-27(5,6)7/h9-10,13,17,24,38H,8,11-12,14-16H2,1-7H3,(H,28,33)(H,29,36)(H,30,37)(H,31,34). The first-order valence-corrected chi connectivity index (χ1v) is 14.1. The molecule has 0 bridgehead atoms. The fourth-order valence-electron chi connectivity index (χ4n) is 3.56. The minimum Gasteiger partial charge on any atom is -0.444 e. The van der Waals surface area contributed by atoms with Gasteiger partial charge in [0, 0.05) is 31.5 Å². The van der Waals surface area contributed by atoms with E-state index in [2.05, 4.69) is 21.3 Å². The molecule has 0 fully saturated rings. The van der Waals surface area contributed by atoms with Crippen LogP contribution in [0.2, 0.25) is 0 Å². The van der Waals surface area contributed by atoms with Crippen LogP contribution in [0, 0.1) is 12.8 Å². The average molecular weight is 582 g/mol. The van der Waals surface area contributed by atoms with Gasteiger partial charge in [0.2, 0.25) is 23.6 Å². The Balaban J connectivity index is 3.00. The number of ether oxygens (including phenoxy) is 1. The zero-order valence-corrected chi connectivity index (χ0v) is 25.2. The van der Waals surface area contributed by atoms with E-state index in [1.807, 2.05) is 26.0 Å². The maximum atomic E-state index is 13.3. The highest BCUT2D eigenvalue weighted by Crippen LogP contribution is 2.23. The number of amides is 5. The zero-order valence-electron chi connectivity index (χ0n) is 24.4. The first-order valence-electron chi connectivity index (χ1n) is 13.1. The van der Waals surface area contributed by atoms with Crippen LogP contribution in [-0.2, 0) is 30.5 Å². The number of hydrogen-bond acceptors (Lipinski definition) is 8. The van der Waals surface area contributed by atoms with E-state index >= 15 is 0 Å². The van der Waals surface area contributed by atoms with Crippen molar-refractivity contribution in [3.05, 3.63) is 29.3 Å². The summed E-state index contributed by atoms with van der Waals surface area (Å²) in [7, 11) is 0. The van der Waals surface area contributed by atoms with Gasteiger partial charge in [-0.1, -0.05) is 32.4 Å². The molecule has 0 spiro atoms. The summed E-state index contributed by atoms with van der Waals surface area (Å²) < 4.78 is 14.6. The average Bonchev–Trinajstić information content (AvgIpc) is 2.87. The minimum absolute atomic E-state index is 0.169. The SMILES string of the molecule is CCC(C)C(NC(=O)CNC(C)=O)C(=O)NCC(=O)N(CCSO)c1cc(CNC(=O)OC(C)(C)C)ccc1C. The van der Waals surface area contributed by atoms with E-state index in [9.17, 15) is 28.5 Å². The molecule has 0 radical (unpaired) electrons. The maximum Gasteiger partial charge on any atom is 0.407 e. The number of aryl methyl sites for hydroxylation is 1. The molecule has 0 saturated heterocycles. The Labute approximate surface area is 240 Å². The smallest absolute Gasteiger partial charge is 0.407 e. The quantitative estimate of drug-likeness (QED) is 0.209. The molecule has 2 unspecified atom stereocenters. The number of carbonyl (C=O) groups is 5. The van der Waals surface area contributed by atoms with Crippen molar-refractivity contribution in [3.63, 3.8) is 0 Å². The third-order valence-electron chi connectivity index (χ3n) is 5.83. The van der Waals surface area contributed by atoms with E-state index in [1.54, 1.807) is 33.8 Å². The Bertz CT molecular complexity index is 1040. The first-order chi connectivity index (χ1) is 18.7. The van der Waals surface area contributed by atoms with E-state index in [-0.39, 0.29) is 43.8 Å². The summed E-state index contributed by atoms with van der Waals surface area (Å²) >= 11 is 0.589. The van der Waals surface area contributed by atoms with Crippen molar-refractivity contribution < 1.29 is 33.3 Å². The summed E-state index contributed by atoms with van der Waals surface area (Å²) in [6, 6.07) is 4.50. The van der Waals surface area contributed by atoms with Crippen LogP contribution >= 0.6 is 12.0 Å². The second-order valence-corrected chi connectivity index (χ2v) is 11.1. The van der Waals surface area contributed by atoms with E-state index in [0.29, 0.717) is 24.2 Å². The van der Waals surface area contributed by atoms with Crippen molar-refractivity contribution in [1.82, 2.24) is 21.3 Å². The fraction of sp³-hybridized carbons (Fsp3) is 0.593. The molecule has 12 nitrogen and oxygen atoms in total. The second-order valence-electron chi connectivity index (χ2n) is 10.4. The van der Waals surface area contributed by atoms with Crippen molar-refractivity contribution in [3.8, 4) is 0 Å². The number of nitrogens with one attached hydrogen (secondary N) is 4. The highest BCUT2D eigenvalue weighted by atomic mass is 32.2. The van der Waals surface area contributed by atoms with Crippen LogP contribution < -0.4 is 26.2 Å². The van der Waals surface area contributed by atoms with Crippen LogP contribution in [0.5, 0.6) is 0 Å². The number of rotatable bonds is 14. The monoisotopic (exact) mass is 581 g/mol. The normalized spacial score (nSPS) is 12.5. The molecule has 0 aliphatic rings. The van der Waals surface area contributed by atoms with Crippen LogP contribution in [0.3, 0.4) is 0 Å². The van der Waals surface area contributed by atoms with Gasteiger partial charge < -0.3 is 35.5 Å². The third kappa shape index (κ3) is 12.7. The van der Waals surface area contributed by atoms with Gasteiger partial charge >= 0.3 is 6.09 Å². The summed E-state index contributed by atoms with van der Waals surface area (Å²) in [4.78, 5) is 63.1. The summed E-state index contributed by atoms with van der Waals surface area (Å²) in [6.07, 6.45) is 0.0253. The van der Waals surface area contributed by atoms with Gasteiger partial charge in [-0.25, -0.2) is 4.79 Å². The molecule has 13 heteroatoms. The van der Waals surface area contributed by atoms with E-state index in [1.165, 1.54) is 11.8 Å². The van der Waals surface area contributed by atoms with Crippen molar-refractivity contribution >= 4 is 47.5 Å². The van der Waals surface area contributed by atoms with Gasteiger partial charge in [-0.15, -0.1) is 0 Å². The number of carbonyl (C=O) groups excluding carboxylic acids is 5. The van der Waals surface area contributed by atoms with Crippen molar-refractivity contribution in [2.24, 2.45) is 5.92 Å². The summed E-state index contributed by atoms with van der Waals surface area (Å²) in [6.45, 7) is 11.8. The molecule has 5 amide bonds. The van der Waals surface area contributed by atoms with Gasteiger partial charge in [0.25, 0.3) is 0 Å². The molecule has 0 aliphatic heterocycles. The van der Waals surface area contributed by atoms with Gasteiger partial charge in [0.1, 0.15) is 11.6 Å². The molecule has 1 rings (SSSR count). The molecular weight excluding hydrogens is 538 g/mol. The van der Waals surface area contributed by atoms with Crippen LogP contribution in [0.15, 0.2) is 18.2 Å². The van der Waals surface area contributed by atoms with Crippen molar-refractivity contribution in [2.75, 3.05) is 30.3 Å². The van der Waals surface area contributed by atoms with E-state index in [4.69, 9.17) is 4.74 Å². The third-order valence-corrected chi connectivity index (χ3v) is 6.20. The van der Waals surface area contributed by atoms with Gasteiger partial charge in [0.05, 0.1) is 13.1 Å². The number of anilines is 1. The van der Waals surface area contributed by atoms with Gasteiger partial charge in [-0.05, 0) is 62.8 Å². The topological polar surface area (TPSA) is 166 Å². The number of hydrogen-bond donors (Lipinski definition) is 5. The second kappa shape index (κ2) is 16.7. The molecule has 0 heterocycles. The first kappa shape index (κ1) is 34.7. The Hall–Kier alpha value is -3.32. The molecule has 40 heavy (non-hydrogen) atoms. The molecule has 5 N–H and O–H groups in total. The molecule has 0 saturated carbocycles. The largest absolute Gasteiger partial charge is 0.444 e. The summed E-state index contributed by atoms with van der Waals surface area (Å²) in [5.74, 6) is -1.83. The van der Waals surface area contributed by atoms with Crippen LogP contribution in [-0.4, -0.2) is 71.3 Å². The van der Waals surface area contributed by atoms with E-state index in [0.717, 1.165) is 11.1 Å². The van der Waals surface area contributed by atoms with Gasteiger partial charge in [0.15, 0.2) is 0 Å². The number of benzene rings is 1. The van der Waals surface area contributed by atoms with Crippen LogP contribution in [0.1, 0.15) is 59.1 Å². The van der Waals surface area contributed by atoms with Crippen LogP contribution in [0.4, 0.5) is 10.5 Å². The lowest BCUT2D eigenvalue weighted by molar-refractivity contribution is -0.131. The Morgan fingerprint density at radius 1 is 1.07 bits per heavy atom. The fourth-order valence-corrected chi connectivity index (χ4v) is 3.82. The van der Waals surface area contributed by atoms with Crippen LogP contribution in [0.25, 0.3) is 0 Å². The highest BCUT2D eigenvalue weighted by Gasteiger charge is 2.27. The summed E-state index contributed by atoms with van der Waals surface area (Å²) in [5, 5.41) is 10.3. The summed E-state index contributed by atoms with van der Waals surface area (Å²) in [5.41, 5.74) is 1.44. The maximum absolute atomic E-state index is 13.3. The molecular formula is C27H43N5O7S. The predicted octanol–water partition coefficient (Wildman–Crippen LogP) is 2.34. The van der Waals surface area contributed by atoms with Gasteiger partial charge in [-0.2, -0.15) is 0 Å². The molecule has 1 aromatic rings. The predicted molar refractivity (Wildman–Crippen MR) is 155 cm³/mol. The Kier molecular flexibility index (Phi) is 14.5. The molecule has 1 aromatic carbocycles. The highest BCUT2D eigenvalue weighted by molar-refractivity contribution is 7.93. The van der Waals surface area contributed by atoms with Crippen molar-refractivity contribution in [1.29, 1.82) is 0 Å². The zero-order chi connectivity index (χ0) is 30.5. The Morgan fingerprint density at radius 2 is 1.75 bits per heavy atom. The molecule has 2 atom stereocenters. The molecule has 0 aliphatic carbocycles. The minimum atomic E-state index is -0.899. The number of nitrogens with zero attached hydrogens (tertiary/aromatic N) is 1. The van der Waals surface area contributed by atoms with E-state index < -0.39 is 35.5 Å².